The van der Waals surface area contributed by atoms with Crippen LogP contribution in [-0.4, -0.2) is 6.04 Å². The highest BCUT2D eigenvalue weighted by Crippen LogP contribution is 2.28. The number of rotatable bonds is 4. The summed E-state index contributed by atoms with van der Waals surface area (Å²) in [5.41, 5.74) is 0.907. The normalized spacial score (nSPS) is 10.2. The van der Waals surface area contributed by atoms with Gasteiger partial charge in [0.05, 0.1) is 11.5 Å². The summed E-state index contributed by atoms with van der Waals surface area (Å²) in [6, 6.07) is 2.30. The molecule has 4 heteroatoms. The predicted octanol–water partition coefficient (Wildman–Crippen LogP) is 3.28. The fourth-order valence-corrected chi connectivity index (χ4v) is 1.76. The van der Waals surface area contributed by atoms with Gasteiger partial charge in [0, 0.05) is 6.04 Å². The molecule has 0 aliphatic heterocycles. The maximum atomic E-state index is 5.91. The van der Waals surface area contributed by atoms with E-state index in [0.29, 0.717) is 6.04 Å². The van der Waals surface area contributed by atoms with Crippen LogP contribution in [0.1, 0.15) is 13.8 Å². The van der Waals surface area contributed by atoms with Crippen LogP contribution in [0.15, 0.2) is 23.8 Å². The Morgan fingerprint density at radius 2 is 2.31 bits per heavy atom. The number of anilines is 1. The Labute approximate surface area is 87.6 Å². The van der Waals surface area contributed by atoms with Gasteiger partial charge in [0.15, 0.2) is 0 Å². The summed E-state index contributed by atoms with van der Waals surface area (Å²) in [7, 11) is 0. The number of halogens is 1. The summed E-state index contributed by atoms with van der Waals surface area (Å²) in [5, 5.41) is 8.18. The number of thiophene rings is 1. The molecule has 0 spiro atoms. The van der Waals surface area contributed by atoms with E-state index < -0.39 is 0 Å². The Kier molecular flexibility index (Phi) is 3.63. The van der Waals surface area contributed by atoms with Crippen molar-refractivity contribution in [1.82, 2.24) is 5.32 Å². The van der Waals surface area contributed by atoms with Gasteiger partial charge in [0.25, 0.3) is 0 Å². The fraction of sp³-hybridized carbons (Fsp3) is 0.333. The zero-order valence-electron chi connectivity index (χ0n) is 7.73. The first-order valence-corrected chi connectivity index (χ1v) is 5.31. The summed E-state index contributed by atoms with van der Waals surface area (Å²) < 4.78 is 0.756. The lowest BCUT2D eigenvalue weighted by Gasteiger charge is -2.13. The summed E-state index contributed by atoms with van der Waals surface area (Å²) in [6.07, 6.45) is 0. The highest BCUT2D eigenvalue weighted by Gasteiger charge is 2.02. The van der Waals surface area contributed by atoms with E-state index in [2.05, 4.69) is 31.1 Å². The van der Waals surface area contributed by atoms with Gasteiger partial charge in [-0.2, -0.15) is 0 Å². The van der Waals surface area contributed by atoms with Gasteiger partial charge in [-0.25, -0.2) is 0 Å². The Morgan fingerprint density at radius 1 is 1.62 bits per heavy atom. The second kappa shape index (κ2) is 4.53. The van der Waals surface area contributed by atoms with Crippen LogP contribution in [0, 0.1) is 0 Å². The van der Waals surface area contributed by atoms with E-state index in [1.54, 1.807) is 0 Å². The van der Waals surface area contributed by atoms with E-state index in [0.717, 1.165) is 15.8 Å². The molecule has 0 radical (unpaired) electrons. The van der Waals surface area contributed by atoms with Crippen molar-refractivity contribution in [3.63, 3.8) is 0 Å². The Hall–Kier alpha value is -0.670. The molecule has 13 heavy (non-hydrogen) atoms. The average molecular weight is 217 g/mol. The zero-order valence-corrected chi connectivity index (χ0v) is 9.30. The lowest BCUT2D eigenvalue weighted by molar-refractivity contribution is 0.674. The van der Waals surface area contributed by atoms with Crippen LogP contribution in [0.3, 0.4) is 0 Å². The van der Waals surface area contributed by atoms with E-state index in [4.69, 9.17) is 11.6 Å². The standard InChI is InChI=1S/C9H13ClN2S/c1-6(2)11-7(3)12-8-4-5-13-9(8)10/h4-6,11-12H,3H2,1-2H3. The molecule has 0 atom stereocenters. The van der Waals surface area contributed by atoms with E-state index in [1.165, 1.54) is 11.3 Å². The van der Waals surface area contributed by atoms with E-state index >= 15 is 0 Å². The van der Waals surface area contributed by atoms with E-state index in [1.807, 2.05) is 11.4 Å². The molecule has 0 unspecified atom stereocenters. The third-order valence-corrected chi connectivity index (χ3v) is 2.54. The minimum atomic E-state index is 0.373. The smallest absolute Gasteiger partial charge is 0.116 e. The summed E-state index contributed by atoms with van der Waals surface area (Å²) in [6.45, 7) is 7.95. The third-order valence-electron chi connectivity index (χ3n) is 1.37. The Balaban J connectivity index is 2.50. The molecule has 0 aromatic carbocycles. The van der Waals surface area contributed by atoms with Crippen molar-refractivity contribution in [2.75, 3.05) is 5.32 Å². The van der Waals surface area contributed by atoms with Crippen LogP contribution in [0.2, 0.25) is 4.34 Å². The zero-order chi connectivity index (χ0) is 9.84. The van der Waals surface area contributed by atoms with Gasteiger partial charge in [0.2, 0.25) is 0 Å². The third kappa shape index (κ3) is 3.28. The molecule has 2 nitrogen and oxygen atoms in total. The minimum Gasteiger partial charge on any atom is -0.370 e. The second-order valence-electron chi connectivity index (χ2n) is 3.01. The van der Waals surface area contributed by atoms with Crippen LogP contribution in [0.4, 0.5) is 5.69 Å². The van der Waals surface area contributed by atoms with E-state index in [9.17, 15) is 0 Å². The van der Waals surface area contributed by atoms with Gasteiger partial charge in [-0.05, 0) is 25.3 Å². The van der Waals surface area contributed by atoms with Gasteiger partial charge in [-0.3, -0.25) is 0 Å². The summed E-state index contributed by atoms with van der Waals surface area (Å²) in [4.78, 5) is 0. The van der Waals surface area contributed by atoms with Crippen LogP contribution >= 0.6 is 22.9 Å². The molecule has 1 aromatic heterocycles. The molecule has 1 heterocycles. The largest absolute Gasteiger partial charge is 0.370 e. The molecule has 0 amide bonds. The number of hydrogen-bond donors (Lipinski definition) is 2. The first-order valence-electron chi connectivity index (χ1n) is 4.05. The molecular weight excluding hydrogens is 204 g/mol. The molecule has 0 saturated carbocycles. The van der Waals surface area contributed by atoms with Crippen molar-refractivity contribution in [3.05, 3.63) is 28.2 Å². The Bertz CT molecular complexity index is 294. The molecule has 2 N–H and O–H groups in total. The summed E-state index contributed by atoms with van der Waals surface area (Å²) >= 11 is 7.41. The molecule has 0 bridgehead atoms. The van der Waals surface area contributed by atoms with Crippen molar-refractivity contribution in [3.8, 4) is 0 Å². The average Bonchev–Trinajstić information content (AvgIpc) is 2.34. The van der Waals surface area contributed by atoms with Crippen molar-refractivity contribution in [2.45, 2.75) is 19.9 Å². The van der Waals surface area contributed by atoms with Crippen molar-refractivity contribution < 1.29 is 0 Å². The minimum absolute atomic E-state index is 0.373. The molecule has 1 aromatic rings. The second-order valence-corrected chi connectivity index (χ2v) is 4.53. The topological polar surface area (TPSA) is 24.1 Å². The van der Waals surface area contributed by atoms with Crippen LogP contribution in [0.5, 0.6) is 0 Å². The quantitative estimate of drug-likeness (QED) is 0.807. The summed E-state index contributed by atoms with van der Waals surface area (Å²) in [5.74, 6) is 0.773. The van der Waals surface area contributed by atoms with Gasteiger partial charge in [0.1, 0.15) is 4.34 Å². The van der Waals surface area contributed by atoms with Gasteiger partial charge < -0.3 is 10.6 Å². The van der Waals surface area contributed by atoms with Gasteiger partial charge in [-0.15, -0.1) is 11.3 Å². The van der Waals surface area contributed by atoms with E-state index in [-0.39, 0.29) is 0 Å². The van der Waals surface area contributed by atoms with Crippen molar-refractivity contribution in [2.24, 2.45) is 0 Å². The predicted molar refractivity (Wildman–Crippen MR) is 60.4 cm³/mol. The lowest BCUT2D eigenvalue weighted by Crippen LogP contribution is -2.25. The molecule has 1 rings (SSSR count). The number of nitrogens with one attached hydrogen (secondary N) is 2. The van der Waals surface area contributed by atoms with Crippen molar-refractivity contribution in [1.29, 1.82) is 0 Å². The van der Waals surface area contributed by atoms with Crippen LogP contribution in [-0.2, 0) is 0 Å². The maximum Gasteiger partial charge on any atom is 0.116 e. The molecular formula is C9H13ClN2S. The van der Waals surface area contributed by atoms with Crippen molar-refractivity contribution >= 4 is 28.6 Å². The first-order chi connectivity index (χ1) is 6.09. The van der Waals surface area contributed by atoms with Crippen LogP contribution in [0.25, 0.3) is 0 Å². The van der Waals surface area contributed by atoms with Gasteiger partial charge in [-0.1, -0.05) is 18.2 Å². The maximum absolute atomic E-state index is 5.91. The Morgan fingerprint density at radius 3 is 2.77 bits per heavy atom. The monoisotopic (exact) mass is 216 g/mol. The SMILES string of the molecule is C=C(Nc1ccsc1Cl)NC(C)C. The van der Waals surface area contributed by atoms with Gasteiger partial charge >= 0.3 is 0 Å². The molecule has 0 aliphatic rings. The molecule has 72 valence electrons. The highest BCUT2D eigenvalue weighted by molar-refractivity contribution is 7.15. The highest BCUT2D eigenvalue weighted by atomic mass is 35.5. The number of hydrogen-bond acceptors (Lipinski definition) is 3. The van der Waals surface area contributed by atoms with Crippen LogP contribution < -0.4 is 10.6 Å². The first kappa shape index (κ1) is 10.4. The fourth-order valence-electron chi connectivity index (χ4n) is 0.929. The molecule has 0 aliphatic carbocycles. The molecule has 0 fully saturated rings. The lowest BCUT2D eigenvalue weighted by atomic mass is 10.4. The molecule has 0 saturated heterocycles.